The van der Waals surface area contributed by atoms with Crippen molar-refractivity contribution in [1.82, 2.24) is 16.0 Å². The summed E-state index contributed by atoms with van der Waals surface area (Å²) in [6.07, 6.45) is 0.136. The highest BCUT2D eigenvalue weighted by Gasteiger charge is 2.30. The van der Waals surface area contributed by atoms with E-state index in [1.54, 1.807) is 30.3 Å². The lowest BCUT2D eigenvalue weighted by molar-refractivity contribution is -0.142. The molecule has 0 heterocycles. The van der Waals surface area contributed by atoms with Crippen molar-refractivity contribution in [3.05, 3.63) is 35.9 Å². The highest BCUT2D eigenvalue weighted by molar-refractivity contribution is 7.80. The summed E-state index contributed by atoms with van der Waals surface area (Å²) in [7, 11) is 0. The minimum Gasteiger partial charge on any atom is -0.480 e. The Bertz CT molecular complexity index is 882. The van der Waals surface area contributed by atoms with Crippen LogP contribution in [0.15, 0.2) is 30.3 Å². The van der Waals surface area contributed by atoms with E-state index >= 15 is 0 Å². The molecule has 0 bridgehead atoms. The Morgan fingerprint density at radius 3 is 1.97 bits per heavy atom. The molecule has 0 fully saturated rings. The van der Waals surface area contributed by atoms with E-state index in [2.05, 4.69) is 28.6 Å². The van der Waals surface area contributed by atoms with Crippen molar-refractivity contribution in [3.8, 4) is 0 Å². The number of thiol groups is 1. The number of rotatable bonds is 15. The Kier molecular flexibility index (Phi) is 12.8. The van der Waals surface area contributed by atoms with Gasteiger partial charge in [0.2, 0.25) is 23.6 Å². The predicted octanol–water partition coefficient (Wildman–Crippen LogP) is -0.663. The van der Waals surface area contributed by atoms with Crippen LogP contribution in [0.5, 0.6) is 0 Å². The summed E-state index contributed by atoms with van der Waals surface area (Å²) in [5.41, 5.74) is 11.8. The maximum atomic E-state index is 12.9. The van der Waals surface area contributed by atoms with Crippen molar-refractivity contribution < 1.29 is 29.1 Å². The molecule has 4 unspecified atom stereocenters. The SMILES string of the molecule is CC(C)CC(N)C(=O)NC(CCC(N)=O)C(=O)NC(CS)C(=O)NC(Cc1ccccc1)C(=O)O. The highest BCUT2D eigenvalue weighted by Crippen LogP contribution is 2.07. The number of nitrogens with one attached hydrogen (secondary N) is 3. The van der Waals surface area contributed by atoms with Crippen molar-refractivity contribution in [3.63, 3.8) is 0 Å². The highest BCUT2D eigenvalue weighted by atomic mass is 32.1. The quantitative estimate of drug-likeness (QED) is 0.152. The number of aliphatic carboxylic acids is 1. The Hall–Kier alpha value is -3.12. The van der Waals surface area contributed by atoms with Crippen molar-refractivity contribution >= 4 is 42.2 Å². The molecule has 0 aliphatic heterocycles. The molecule has 1 rings (SSSR count). The number of benzene rings is 1. The number of carbonyl (C=O) groups is 5. The average Bonchev–Trinajstić information content (AvgIpc) is 2.79. The topological polar surface area (TPSA) is 194 Å². The first kappa shape index (κ1) is 29.9. The number of carbonyl (C=O) groups excluding carboxylic acids is 4. The van der Waals surface area contributed by atoms with E-state index in [0.717, 1.165) is 0 Å². The third-order valence-corrected chi connectivity index (χ3v) is 5.45. The third kappa shape index (κ3) is 11.2. The van der Waals surface area contributed by atoms with Gasteiger partial charge in [-0.15, -0.1) is 0 Å². The van der Waals surface area contributed by atoms with E-state index in [4.69, 9.17) is 11.5 Å². The van der Waals surface area contributed by atoms with E-state index in [-0.39, 0.29) is 30.9 Å². The van der Waals surface area contributed by atoms with E-state index in [0.29, 0.717) is 12.0 Å². The fourth-order valence-corrected chi connectivity index (χ4v) is 3.49. The molecule has 4 amide bonds. The van der Waals surface area contributed by atoms with Gasteiger partial charge in [0.1, 0.15) is 18.1 Å². The fourth-order valence-electron chi connectivity index (χ4n) is 3.24. The second-order valence-electron chi connectivity index (χ2n) is 8.64. The van der Waals surface area contributed by atoms with Crippen LogP contribution in [0, 0.1) is 5.92 Å². The van der Waals surface area contributed by atoms with Gasteiger partial charge in [-0.05, 0) is 24.3 Å². The standard InChI is InChI=1S/C23H35N5O6S/c1-13(2)10-15(24)20(30)26-16(8-9-19(25)29)21(31)28-18(12-35)22(32)27-17(23(33)34)11-14-6-4-3-5-7-14/h3-7,13,15-18,35H,8-12,24H2,1-2H3,(H2,25,29)(H,26,30)(H,27,32)(H,28,31)(H,33,34). The smallest absolute Gasteiger partial charge is 0.326 e. The number of primary amides is 1. The molecule has 0 radical (unpaired) electrons. The van der Waals surface area contributed by atoms with Gasteiger partial charge in [-0.1, -0.05) is 44.2 Å². The Labute approximate surface area is 210 Å². The molecular weight excluding hydrogens is 474 g/mol. The lowest BCUT2D eigenvalue weighted by atomic mass is 10.0. The molecule has 1 aromatic rings. The van der Waals surface area contributed by atoms with Gasteiger partial charge in [-0.25, -0.2) is 4.79 Å². The minimum atomic E-state index is -1.24. The fraction of sp³-hybridized carbons (Fsp3) is 0.522. The van der Waals surface area contributed by atoms with Crippen LogP contribution in [-0.4, -0.2) is 64.6 Å². The van der Waals surface area contributed by atoms with Crippen LogP contribution in [0.3, 0.4) is 0 Å². The Balaban J connectivity index is 2.89. The van der Waals surface area contributed by atoms with Gasteiger partial charge in [0.25, 0.3) is 0 Å². The molecule has 1 aromatic carbocycles. The molecule has 0 saturated carbocycles. The number of amides is 4. The molecule has 8 N–H and O–H groups in total. The summed E-state index contributed by atoms with van der Waals surface area (Å²) in [5.74, 6) is -3.99. The van der Waals surface area contributed by atoms with Crippen LogP contribution in [0.25, 0.3) is 0 Å². The third-order valence-electron chi connectivity index (χ3n) is 5.09. The lowest BCUT2D eigenvalue weighted by Gasteiger charge is -2.24. The molecule has 35 heavy (non-hydrogen) atoms. The molecule has 0 aliphatic carbocycles. The van der Waals surface area contributed by atoms with Crippen LogP contribution in [-0.2, 0) is 30.4 Å². The monoisotopic (exact) mass is 509 g/mol. The van der Waals surface area contributed by atoms with Crippen LogP contribution < -0.4 is 27.4 Å². The summed E-state index contributed by atoms with van der Waals surface area (Å²) in [5, 5.41) is 16.9. The van der Waals surface area contributed by atoms with Gasteiger partial charge in [0.15, 0.2) is 0 Å². The molecular formula is C23H35N5O6S. The number of hydrogen-bond acceptors (Lipinski definition) is 7. The van der Waals surface area contributed by atoms with Crippen molar-refractivity contribution in [2.75, 3.05) is 5.75 Å². The molecule has 194 valence electrons. The molecule has 4 atom stereocenters. The van der Waals surface area contributed by atoms with Gasteiger partial charge >= 0.3 is 5.97 Å². The van der Waals surface area contributed by atoms with Crippen molar-refractivity contribution in [2.24, 2.45) is 17.4 Å². The van der Waals surface area contributed by atoms with Crippen molar-refractivity contribution in [2.45, 2.75) is 63.7 Å². The maximum absolute atomic E-state index is 12.9. The van der Waals surface area contributed by atoms with E-state index < -0.39 is 53.8 Å². The van der Waals surface area contributed by atoms with Crippen LogP contribution in [0.1, 0.15) is 38.7 Å². The van der Waals surface area contributed by atoms with Gasteiger partial charge in [-0.3, -0.25) is 19.2 Å². The van der Waals surface area contributed by atoms with E-state index in [1.807, 2.05) is 13.8 Å². The maximum Gasteiger partial charge on any atom is 0.326 e. The molecule has 11 nitrogen and oxygen atoms in total. The van der Waals surface area contributed by atoms with Gasteiger partial charge in [0.05, 0.1) is 6.04 Å². The summed E-state index contributed by atoms with van der Waals surface area (Å²) in [6, 6.07) is 4.28. The zero-order chi connectivity index (χ0) is 26.5. The van der Waals surface area contributed by atoms with Crippen LogP contribution >= 0.6 is 12.6 Å². The summed E-state index contributed by atoms with van der Waals surface area (Å²) in [4.78, 5) is 60.9. The number of carboxylic acids is 1. The summed E-state index contributed by atoms with van der Waals surface area (Å²) in [6.45, 7) is 3.78. The number of nitrogens with two attached hydrogens (primary N) is 2. The van der Waals surface area contributed by atoms with Crippen LogP contribution in [0.4, 0.5) is 0 Å². The average molecular weight is 510 g/mol. The summed E-state index contributed by atoms with van der Waals surface area (Å²) < 4.78 is 0. The Morgan fingerprint density at radius 2 is 1.46 bits per heavy atom. The largest absolute Gasteiger partial charge is 0.480 e. The molecule has 0 spiro atoms. The zero-order valence-electron chi connectivity index (χ0n) is 19.9. The summed E-state index contributed by atoms with van der Waals surface area (Å²) >= 11 is 4.09. The first-order chi connectivity index (χ1) is 16.4. The molecule has 0 saturated heterocycles. The van der Waals surface area contributed by atoms with Crippen molar-refractivity contribution in [1.29, 1.82) is 0 Å². The molecule has 0 aromatic heterocycles. The first-order valence-corrected chi connectivity index (χ1v) is 11.9. The predicted molar refractivity (Wildman–Crippen MR) is 133 cm³/mol. The Morgan fingerprint density at radius 1 is 0.914 bits per heavy atom. The zero-order valence-corrected chi connectivity index (χ0v) is 20.8. The van der Waals surface area contributed by atoms with E-state index in [1.165, 1.54) is 0 Å². The first-order valence-electron chi connectivity index (χ1n) is 11.3. The van der Waals surface area contributed by atoms with Gasteiger partial charge in [-0.2, -0.15) is 12.6 Å². The van der Waals surface area contributed by atoms with Gasteiger partial charge < -0.3 is 32.5 Å². The van der Waals surface area contributed by atoms with Gasteiger partial charge in [0, 0.05) is 18.6 Å². The second-order valence-corrected chi connectivity index (χ2v) is 9.00. The molecule has 12 heteroatoms. The number of carboxylic acid groups (broad SMARTS) is 1. The minimum absolute atomic E-state index is 0.0418. The normalized spacial score (nSPS) is 14.3. The second kappa shape index (κ2) is 15.0. The van der Waals surface area contributed by atoms with Crippen LogP contribution in [0.2, 0.25) is 0 Å². The number of hydrogen-bond donors (Lipinski definition) is 7. The van der Waals surface area contributed by atoms with E-state index in [9.17, 15) is 29.1 Å². The molecule has 0 aliphatic rings. The lowest BCUT2D eigenvalue weighted by Crippen LogP contribution is -2.58.